The van der Waals surface area contributed by atoms with Gasteiger partial charge in [0.1, 0.15) is 5.75 Å². The lowest BCUT2D eigenvalue weighted by Gasteiger charge is -2.32. The summed E-state index contributed by atoms with van der Waals surface area (Å²) < 4.78 is 7.56. The molecule has 6 heteroatoms. The fourth-order valence-electron chi connectivity index (χ4n) is 4.49. The van der Waals surface area contributed by atoms with Gasteiger partial charge in [0.2, 0.25) is 0 Å². The van der Waals surface area contributed by atoms with E-state index in [0.717, 1.165) is 25.9 Å². The Balaban J connectivity index is 1.31. The molecule has 2 aromatic carbocycles. The van der Waals surface area contributed by atoms with E-state index in [4.69, 9.17) is 4.74 Å². The maximum atomic E-state index is 13.0. The van der Waals surface area contributed by atoms with Crippen LogP contribution >= 0.6 is 0 Å². The Morgan fingerprint density at radius 1 is 1.14 bits per heavy atom. The van der Waals surface area contributed by atoms with Crippen LogP contribution in [0.3, 0.4) is 0 Å². The zero-order chi connectivity index (χ0) is 20.0. The quantitative estimate of drug-likeness (QED) is 0.729. The van der Waals surface area contributed by atoms with Crippen LogP contribution in [0.25, 0.3) is 10.9 Å². The number of piperidine rings is 1. The minimum atomic E-state index is -0.196. The predicted octanol–water partition coefficient (Wildman–Crippen LogP) is 3.53. The number of aromatic nitrogens is 1. The van der Waals surface area contributed by atoms with Gasteiger partial charge in [-0.25, -0.2) is 0 Å². The molecule has 3 heterocycles. The Hall–Kier alpha value is -3.28. The number of hydrogen-bond donors (Lipinski definition) is 1. The van der Waals surface area contributed by atoms with Crippen molar-refractivity contribution in [3.63, 3.8) is 0 Å². The highest BCUT2D eigenvalue weighted by Gasteiger charge is 2.27. The van der Waals surface area contributed by atoms with Crippen LogP contribution in [-0.4, -0.2) is 41.0 Å². The van der Waals surface area contributed by atoms with Gasteiger partial charge in [0.15, 0.2) is 6.61 Å². The van der Waals surface area contributed by atoms with Crippen LogP contribution in [0.4, 0.5) is 5.69 Å². The van der Waals surface area contributed by atoms with Gasteiger partial charge in [0, 0.05) is 42.8 Å². The fraction of sp³-hybridized carbons (Fsp3) is 0.304. The average Bonchev–Trinajstić information content (AvgIpc) is 3.09. The fourth-order valence-corrected chi connectivity index (χ4v) is 4.49. The molecule has 1 aromatic heterocycles. The Morgan fingerprint density at radius 3 is 2.76 bits per heavy atom. The molecule has 2 aliphatic heterocycles. The number of fused-ring (bicyclic) bond motifs is 2. The first-order chi connectivity index (χ1) is 14.1. The van der Waals surface area contributed by atoms with E-state index in [1.54, 1.807) is 18.2 Å². The molecular formula is C23H23N3O3. The molecule has 0 atom stereocenters. The van der Waals surface area contributed by atoms with E-state index in [9.17, 15) is 9.59 Å². The van der Waals surface area contributed by atoms with Crippen molar-refractivity contribution in [1.29, 1.82) is 0 Å². The number of benzene rings is 2. The molecule has 3 aromatic rings. The minimum Gasteiger partial charge on any atom is -0.482 e. The number of aryl methyl sites for hydroxylation is 1. The van der Waals surface area contributed by atoms with E-state index in [1.807, 2.05) is 4.90 Å². The Kier molecular flexibility index (Phi) is 4.27. The van der Waals surface area contributed by atoms with Crippen LogP contribution in [0.1, 0.15) is 34.7 Å². The Bertz CT molecular complexity index is 1110. The van der Waals surface area contributed by atoms with Crippen LogP contribution in [0.15, 0.2) is 48.7 Å². The highest BCUT2D eigenvalue weighted by atomic mass is 16.5. The maximum Gasteiger partial charge on any atom is 0.262 e. The third-order valence-corrected chi connectivity index (χ3v) is 6.01. The Morgan fingerprint density at radius 2 is 1.93 bits per heavy atom. The molecule has 6 nitrogen and oxygen atoms in total. The number of amides is 2. The molecule has 2 amide bonds. The van der Waals surface area contributed by atoms with Gasteiger partial charge in [-0.3, -0.25) is 9.59 Å². The first-order valence-corrected chi connectivity index (χ1v) is 10.00. The lowest BCUT2D eigenvalue weighted by atomic mass is 9.89. The highest BCUT2D eigenvalue weighted by Crippen LogP contribution is 2.35. The standard InChI is InChI=1S/C23H23N3O3/c1-25-13-18(17-4-2-3-5-20(17)25)15-8-10-26(11-9-15)23(28)16-6-7-21-19(12-16)24-22(27)14-29-21/h2-7,12-13,15H,8-11,14H2,1H3,(H,24,27). The number of nitrogens with zero attached hydrogens (tertiary/aromatic N) is 2. The van der Waals surface area contributed by atoms with Crippen LogP contribution in [0.2, 0.25) is 0 Å². The zero-order valence-corrected chi connectivity index (χ0v) is 16.4. The van der Waals surface area contributed by atoms with Gasteiger partial charge < -0.3 is 19.5 Å². The van der Waals surface area contributed by atoms with Crippen LogP contribution in [0.5, 0.6) is 5.75 Å². The summed E-state index contributed by atoms with van der Waals surface area (Å²) in [5, 5.41) is 4.08. The number of rotatable bonds is 2. The number of anilines is 1. The molecule has 0 radical (unpaired) electrons. The number of carbonyl (C=O) groups is 2. The molecule has 1 saturated heterocycles. The second kappa shape index (κ2) is 6.95. The van der Waals surface area contributed by atoms with Crippen LogP contribution in [-0.2, 0) is 11.8 Å². The first-order valence-electron chi connectivity index (χ1n) is 10.00. The van der Waals surface area contributed by atoms with E-state index in [1.165, 1.54) is 16.5 Å². The molecular weight excluding hydrogens is 366 g/mol. The summed E-state index contributed by atoms with van der Waals surface area (Å²) in [7, 11) is 2.09. The largest absolute Gasteiger partial charge is 0.482 e. The molecule has 29 heavy (non-hydrogen) atoms. The zero-order valence-electron chi connectivity index (χ0n) is 16.4. The van der Waals surface area contributed by atoms with E-state index >= 15 is 0 Å². The topological polar surface area (TPSA) is 63.6 Å². The summed E-state index contributed by atoms with van der Waals surface area (Å²) in [5.74, 6) is 0.874. The number of ether oxygens (including phenoxy) is 1. The molecule has 0 aliphatic carbocycles. The second-order valence-corrected chi connectivity index (χ2v) is 7.83. The third kappa shape index (κ3) is 3.14. The number of carbonyl (C=O) groups excluding carboxylic acids is 2. The van der Waals surface area contributed by atoms with E-state index < -0.39 is 0 Å². The van der Waals surface area contributed by atoms with Gasteiger partial charge in [-0.2, -0.15) is 0 Å². The van der Waals surface area contributed by atoms with Crippen LogP contribution < -0.4 is 10.1 Å². The summed E-state index contributed by atoms with van der Waals surface area (Å²) >= 11 is 0. The second-order valence-electron chi connectivity index (χ2n) is 7.83. The summed E-state index contributed by atoms with van der Waals surface area (Å²) in [6.45, 7) is 1.47. The van der Waals surface area contributed by atoms with Crippen molar-refractivity contribution in [1.82, 2.24) is 9.47 Å². The third-order valence-electron chi connectivity index (χ3n) is 6.01. The molecule has 0 spiro atoms. The summed E-state index contributed by atoms with van der Waals surface area (Å²) in [4.78, 5) is 26.4. The molecule has 1 fully saturated rings. The van der Waals surface area contributed by atoms with E-state index in [2.05, 4.69) is 47.4 Å². The highest BCUT2D eigenvalue weighted by molar-refractivity contribution is 6.00. The number of para-hydroxylation sites is 1. The average molecular weight is 389 g/mol. The normalized spacial score (nSPS) is 17.0. The SMILES string of the molecule is Cn1cc(C2CCN(C(=O)c3ccc4c(c3)NC(=O)CO4)CC2)c2ccccc21. The molecule has 0 bridgehead atoms. The molecule has 148 valence electrons. The van der Waals surface area contributed by atoms with Gasteiger partial charge >= 0.3 is 0 Å². The van der Waals surface area contributed by atoms with Gasteiger partial charge in [-0.15, -0.1) is 0 Å². The van der Waals surface area contributed by atoms with Gasteiger partial charge in [0.25, 0.3) is 11.8 Å². The maximum absolute atomic E-state index is 13.0. The number of likely N-dealkylation sites (tertiary alicyclic amines) is 1. The van der Waals surface area contributed by atoms with E-state index in [0.29, 0.717) is 22.9 Å². The molecule has 1 N–H and O–H groups in total. The number of nitrogens with one attached hydrogen (secondary N) is 1. The number of hydrogen-bond acceptors (Lipinski definition) is 3. The van der Waals surface area contributed by atoms with Crippen molar-refractivity contribution in [3.05, 3.63) is 59.8 Å². The molecule has 5 rings (SSSR count). The van der Waals surface area contributed by atoms with Crippen molar-refractivity contribution in [2.24, 2.45) is 7.05 Å². The lowest BCUT2D eigenvalue weighted by Crippen LogP contribution is -2.38. The smallest absolute Gasteiger partial charge is 0.262 e. The molecule has 0 saturated carbocycles. The van der Waals surface area contributed by atoms with Gasteiger partial charge in [-0.1, -0.05) is 18.2 Å². The summed E-state index contributed by atoms with van der Waals surface area (Å²) in [6, 6.07) is 13.7. The Labute approximate surface area is 169 Å². The molecule has 2 aliphatic rings. The van der Waals surface area contributed by atoms with Crippen molar-refractivity contribution in [2.45, 2.75) is 18.8 Å². The summed E-state index contributed by atoms with van der Waals surface area (Å²) in [5.41, 5.74) is 3.78. The lowest BCUT2D eigenvalue weighted by molar-refractivity contribution is -0.118. The van der Waals surface area contributed by atoms with E-state index in [-0.39, 0.29) is 18.4 Å². The predicted molar refractivity (Wildman–Crippen MR) is 111 cm³/mol. The summed E-state index contributed by atoms with van der Waals surface area (Å²) in [6.07, 6.45) is 4.13. The molecule has 0 unspecified atom stereocenters. The van der Waals surface area contributed by atoms with Crippen molar-refractivity contribution in [2.75, 3.05) is 25.0 Å². The van der Waals surface area contributed by atoms with Gasteiger partial charge in [0.05, 0.1) is 5.69 Å². The first kappa shape index (κ1) is 17.8. The van der Waals surface area contributed by atoms with Crippen molar-refractivity contribution >= 4 is 28.4 Å². The monoisotopic (exact) mass is 389 g/mol. The van der Waals surface area contributed by atoms with Crippen molar-refractivity contribution in [3.8, 4) is 5.75 Å². The van der Waals surface area contributed by atoms with Crippen molar-refractivity contribution < 1.29 is 14.3 Å². The van der Waals surface area contributed by atoms with Gasteiger partial charge in [-0.05, 0) is 48.6 Å². The minimum absolute atomic E-state index is 0.00370. The van der Waals surface area contributed by atoms with Crippen LogP contribution in [0, 0.1) is 0 Å².